The molecule has 0 radical (unpaired) electrons. The second-order valence-electron chi connectivity index (χ2n) is 3.46. The van der Waals surface area contributed by atoms with Crippen LogP contribution < -0.4 is 5.73 Å². The summed E-state index contributed by atoms with van der Waals surface area (Å²) in [5.41, 5.74) is 6.80. The molecule has 0 atom stereocenters. The van der Waals surface area contributed by atoms with Crippen molar-refractivity contribution >= 4 is 39.3 Å². The van der Waals surface area contributed by atoms with E-state index >= 15 is 0 Å². The van der Waals surface area contributed by atoms with Gasteiger partial charge in [0, 0.05) is 20.8 Å². The van der Waals surface area contributed by atoms with Crippen molar-refractivity contribution in [1.82, 2.24) is 0 Å². The minimum absolute atomic E-state index is 0.493. The fourth-order valence-corrected chi connectivity index (χ4v) is 3.28. The van der Waals surface area contributed by atoms with Crippen molar-refractivity contribution in [2.45, 2.75) is 16.3 Å². The van der Waals surface area contributed by atoms with Crippen molar-refractivity contribution < 1.29 is 0 Å². The van der Waals surface area contributed by atoms with Gasteiger partial charge in [-0.05, 0) is 39.7 Å². The molecule has 0 bridgehead atoms. The Kier molecular flexibility index (Phi) is 4.51. The summed E-state index contributed by atoms with van der Waals surface area (Å²) in [5, 5.41) is 0.744. The number of hydrogen-bond acceptors (Lipinski definition) is 2. The number of halogens is 2. The molecule has 2 aromatic carbocycles. The zero-order chi connectivity index (χ0) is 12.3. The molecule has 0 fully saturated rings. The Morgan fingerprint density at radius 3 is 2.59 bits per heavy atom. The van der Waals surface area contributed by atoms with Gasteiger partial charge >= 0.3 is 0 Å². The van der Waals surface area contributed by atoms with Gasteiger partial charge < -0.3 is 5.73 Å². The molecule has 2 N–H and O–H groups in total. The minimum Gasteiger partial charge on any atom is -0.326 e. The molecule has 1 nitrogen and oxygen atoms in total. The second kappa shape index (κ2) is 5.91. The number of nitrogens with two attached hydrogens (primary N) is 1. The van der Waals surface area contributed by atoms with Crippen LogP contribution in [0.1, 0.15) is 5.56 Å². The van der Waals surface area contributed by atoms with Gasteiger partial charge in [-0.1, -0.05) is 47.6 Å². The van der Waals surface area contributed by atoms with E-state index in [0.29, 0.717) is 6.54 Å². The Morgan fingerprint density at radius 2 is 1.88 bits per heavy atom. The summed E-state index contributed by atoms with van der Waals surface area (Å²) in [6.45, 7) is 0.493. The summed E-state index contributed by atoms with van der Waals surface area (Å²) in [6, 6.07) is 13.9. The van der Waals surface area contributed by atoms with Crippen LogP contribution in [0.3, 0.4) is 0 Å². The molecule has 17 heavy (non-hydrogen) atoms. The van der Waals surface area contributed by atoms with Crippen molar-refractivity contribution in [2.75, 3.05) is 0 Å². The van der Waals surface area contributed by atoms with Crippen LogP contribution in [0.5, 0.6) is 0 Å². The largest absolute Gasteiger partial charge is 0.326 e. The van der Waals surface area contributed by atoms with Gasteiger partial charge in [0.25, 0.3) is 0 Å². The molecule has 88 valence electrons. The molecule has 0 aliphatic rings. The summed E-state index contributed by atoms with van der Waals surface area (Å²) < 4.78 is 1.06. The molecule has 0 saturated carbocycles. The number of hydrogen-bond donors (Lipinski definition) is 1. The van der Waals surface area contributed by atoms with Crippen LogP contribution in [-0.4, -0.2) is 0 Å². The lowest BCUT2D eigenvalue weighted by molar-refractivity contribution is 1.03. The molecule has 2 rings (SSSR count). The summed E-state index contributed by atoms with van der Waals surface area (Å²) in [5.74, 6) is 0. The van der Waals surface area contributed by atoms with E-state index in [1.165, 1.54) is 0 Å². The van der Waals surface area contributed by atoms with Crippen LogP contribution in [-0.2, 0) is 6.54 Å². The van der Waals surface area contributed by atoms with Gasteiger partial charge in [-0.25, -0.2) is 0 Å². The maximum atomic E-state index is 6.22. The molecule has 0 saturated heterocycles. The van der Waals surface area contributed by atoms with Crippen molar-refractivity contribution in [2.24, 2.45) is 5.73 Å². The Morgan fingerprint density at radius 1 is 1.12 bits per heavy atom. The van der Waals surface area contributed by atoms with E-state index < -0.39 is 0 Å². The van der Waals surface area contributed by atoms with Gasteiger partial charge in [-0.2, -0.15) is 0 Å². The normalized spacial score (nSPS) is 10.5. The summed E-state index contributed by atoms with van der Waals surface area (Å²) in [6.07, 6.45) is 0. The third-order valence-corrected chi connectivity index (χ3v) is 4.96. The summed E-state index contributed by atoms with van der Waals surface area (Å²) in [7, 11) is 0. The van der Waals surface area contributed by atoms with Crippen LogP contribution in [0.4, 0.5) is 0 Å². The molecule has 0 spiro atoms. The standard InChI is InChI=1S/C13H11BrClNS/c14-10-5-1-2-7-12(10)17-13-9(8-16)4-3-6-11(13)15/h1-7H,8,16H2. The topological polar surface area (TPSA) is 26.0 Å². The minimum atomic E-state index is 0.493. The lowest BCUT2D eigenvalue weighted by Crippen LogP contribution is -1.98. The van der Waals surface area contributed by atoms with E-state index in [4.69, 9.17) is 17.3 Å². The predicted octanol–water partition coefficient (Wildman–Crippen LogP) is 4.71. The van der Waals surface area contributed by atoms with E-state index in [9.17, 15) is 0 Å². The highest BCUT2D eigenvalue weighted by Gasteiger charge is 2.09. The molecule has 4 heteroatoms. The van der Waals surface area contributed by atoms with Crippen LogP contribution in [0, 0.1) is 0 Å². The molecule has 0 amide bonds. The van der Waals surface area contributed by atoms with Gasteiger partial charge in [-0.3, -0.25) is 0 Å². The highest BCUT2D eigenvalue weighted by atomic mass is 79.9. The first-order chi connectivity index (χ1) is 8.22. The highest BCUT2D eigenvalue weighted by molar-refractivity contribution is 9.10. The third kappa shape index (κ3) is 3.05. The Bertz CT molecular complexity index is 531. The average Bonchev–Trinajstić information content (AvgIpc) is 2.34. The molecule has 0 aromatic heterocycles. The lowest BCUT2D eigenvalue weighted by atomic mass is 10.2. The SMILES string of the molecule is NCc1cccc(Cl)c1Sc1ccccc1Br. The first-order valence-electron chi connectivity index (χ1n) is 5.12. The van der Waals surface area contributed by atoms with Gasteiger partial charge in [0.15, 0.2) is 0 Å². The van der Waals surface area contributed by atoms with Crippen LogP contribution in [0.15, 0.2) is 56.7 Å². The van der Waals surface area contributed by atoms with Gasteiger partial charge in [-0.15, -0.1) is 0 Å². The lowest BCUT2D eigenvalue weighted by Gasteiger charge is -2.10. The van der Waals surface area contributed by atoms with Crippen molar-refractivity contribution in [3.8, 4) is 0 Å². The van der Waals surface area contributed by atoms with E-state index in [1.54, 1.807) is 11.8 Å². The Hall–Kier alpha value is -0.480. The van der Waals surface area contributed by atoms with E-state index in [2.05, 4.69) is 22.0 Å². The third-order valence-electron chi connectivity index (χ3n) is 2.32. The van der Waals surface area contributed by atoms with E-state index in [1.807, 2.05) is 36.4 Å². The van der Waals surface area contributed by atoms with E-state index in [-0.39, 0.29) is 0 Å². The zero-order valence-corrected chi connectivity index (χ0v) is 12.1. The Labute approximate surface area is 118 Å². The molecular weight excluding hydrogens is 318 g/mol. The monoisotopic (exact) mass is 327 g/mol. The van der Waals surface area contributed by atoms with Gasteiger partial charge in [0.05, 0.1) is 5.02 Å². The summed E-state index contributed by atoms with van der Waals surface area (Å²) in [4.78, 5) is 2.17. The smallest absolute Gasteiger partial charge is 0.0548 e. The summed E-state index contributed by atoms with van der Waals surface area (Å²) >= 11 is 11.4. The molecule has 2 aromatic rings. The molecule has 0 aliphatic heterocycles. The zero-order valence-electron chi connectivity index (χ0n) is 8.99. The maximum Gasteiger partial charge on any atom is 0.0548 e. The fourth-order valence-electron chi connectivity index (χ4n) is 1.47. The van der Waals surface area contributed by atoms with Crippen LogP contribution >= 0.6 is 39.3 Å². The Balaban J connectivity index is 2.39. The van der Waals surface area contributed by atoms with Gasteiger partial charge in [0.2, 0.25) is 0 Å². The molecule has 0 aliphatic carbocycles. The maximum absolute atomic E-state index is 6.22. The van der Waals surface area contributed by atoms with Crippen molar-refractivity contribution in [3.63, 3.8) is 0 Å². The molecule has 0 unspecified atom stereocenters. The van der Waals surface area contributed by atoms with Crippen LogP contribution in [0.2, 0.25) is 5.02 Å². The molecule has 0 heterocycles. The predicted molar refractivity (Wildman–Crippen MR) is 77.6 cm³/mol. The second-order valence-corrected chi connectivity index (χ2v) is 5.78. The molecular formula is C13H11BrClNS. The fraction of sp³-hybridized carbons (Fsp3) is 0.0769. The first kappa shape index (κ1) is 13.0. The number of benzene rings is 2. The number of rotatable bonds is 3. The first-order valence-corrected chi connectivity index (χ1v) is 7.11. The quantitative estimate of drug-likeness (QED) is 0.883. The van der Waals surface area contributed by atoms with Crippen LogP contribution in [0.25, 0.3) is 0 Å². The van der Waals surface area contributed by atoms with Crippen molar-refractivity contribution in [1.29, 1.82) is 0 Å². The average molecular weight is 329 g/mol. The van der Waals surface area contributed by atoms with Crippen molar-refractivity contribution in [3.05, 3.63) is 57.5 Å². The van der Waals surface area contributed by atoms with E-state index in [0.717, 1.165) is 24.8 Å². The van der Waals surface area contributed by atoms with Gasteiger partial charge in [0.1, 0.15) is 0 Å². The highest BCUT2D eigenvalue weighted by Crippen LogP contribution is 2.38.